The quantitative estimate of drug-likeness (QED) is 0.888. The van der Waals surface area contributed by atoms with Crippen LogP contribution in [0.3, 0.4) is 0 Å². The van der Waals surface area contributed by atoms with Crippen LogP contribution in [0.5, 0.6) is 5.75 Å². The van der Waals surface area contributed by atoms with Crippen molar-refractivity contribution in [3.63, 3.8) is 0 Å². The minimum Gasteiger partial charge on any atom is -0.508 e. The zero-order chi connectivity index (χ0) is 14.7. The minimum absolute atomic E-state index is 0.0933. The van der Waals surface area contributed by atoms with Crippen LogP contribution < -0.4 is 5.32 Å². The Hall–Kier alpha value is -1.88. The van der Waals surface area contributed by atoms with Gasteiger partial charge in [-0.05, 0) is 55.0 Å². The van der Waals surface area contributed by atoms with Gasteiger partial charge in [0, 0.05) is 10.2 Å². The predicted molar refractivity (Wildman–Crippen MR) is 79.3 cm³/mol. The zero-order valence-electron chi connectivity index (χ0n) is 10.7. The smallest absolute Gasteiger partial charge is 0.231 e. The summed E-state index contributed by atoms with van der Waals surface area (Å²) in [4.78, 5) is 12.1. The van der Waals surface area contributed by atoms with Crippen LogP contribution in [-0.2, 0) is 4.79 Å². The van der Waals surface area contributed by atoms with E-state index < -0.39 is 5.92 Å². The highest BCUT2D eigenvalue weighted by molar-refractivity contribution is 9.10. The maximum Gasteiger partial charge on any atom is 0.231 e. The number of rotatable bonds is 3. The van der Waals surface area contributed by atoms with Crippen LogP contribution in [0.15, 0.2) is 46.9 Å². The normalized spacial score (nSPS) is 11.9. The predicted octanol–water partition coefficient (Wildman–Crippen LogP) is 4.04. The first-order chi connectivity index (χ1) is 9.45. The van der Waals surface area contributed by atoms with Crippen LogP contribution >= 0.6 is 15.9 Å². The van der Waals surface area contributed by atoms with Crippen molar-refractivity contribution in [2.45, 2.75) is 12.8 Å². The van der Waals surface area contributed by atoms with Gasteiger partial charge in [-0.2, -0.15) is 0 Å². The van der Waals surface area contributed by atoms with Gasteiger partial charge in [0.1, 0.15) is 11.6 Å². The molecule has 0 aromatic heterocycles. The molecule has 0 aliphatic carbocycles. The summed E-state index contributed by atoms with van der Waals surface area (Å²) in [6, 6.07) is 10.4. The molecule has 0 radical (unpaired) electrons. The molecule has 0 saturated heterocycles. The van der Waals surface area contributed by atoms with E-state index in [9.17, 15) is 14.3 Å². The molecule has 5 heteroatoms. The van der Waals surface area contributed by atoms with Crippen molar-refractivity contribution in [3.8, 4) is 5.75 Å². The number of carbonyl (C=O) groups is 1. The van der Waals surface area contributed by atoms with Crippen molar-refractivity contribution in [1.29, 1.82) is 0 Å². The van der Waals surface area contributed by atoms with Gasteiger partial charge in [0.05, 0.1) is 5.92 Å². The lowest BCUT2D eigenvalue weighted by molar-refractivity contribution is -0.117. The fourth-order valence-corrected chi connectivity index (χ4v) is 2.28. The Labute approximate surface area is 124 Å². The zero-order valence-corrected chi connectivity index (χ0v) is 12.3. The molecular formula is C15H13BrFNO2. The summed E-state index contributed by atoms with van der Waals surface area (Å²) in [5.74, 6) is -0.929. The molecule has 0 aliphatic rings. The Balaban J connectivity index is 2.14. The summed E-state index contributed by atoms with van der Waals surface area (Å²) >= 11 is 3.27. The summed E-state index contributed by atoms with van der Waals surface area (Å²) < 4.78 is 13.5. The molecule has 0 bridgehead atoms. The third-order valence-corrected chi connectivity index (χ3v) is 3.37. The second kappa shape index (κ2) is 6.05. The van der Waals surface area contributed by atoms with E-state index in [0.717, 1.165) is 0 Å². The van der Waals surface area contributed by atoms with Crippen molar-refractivity contribution < 1.29 is 14.3 Å². The standard InChI is InChI=1S/C15H13BrFNO2/c1-9(10-6-11(16)8-14(19)7-10)15(20)18-13-4-2-12(17)3-5-13/h2-9,19H,1H3,(H,18,20). The lowest BCUT2D eigenvalue weighted by Gasteiger charge is -2.13. The molecular weight excluding hydrogens is 325 g/mol. The van der Waals surface area contributed by atoms with Crippen LogP contribution in [0.2, 0.25) is 0 Å². The number of amides is 1. The van der Waals surface area contributed by atoms with Crippen molar-refractivity contribution in [2.75, 3.05) is 5.32 Å². The molecule has 1 amide bonds. The number of phenols is 1. The Morgan fingerprint density at radius 1 is 1.25 bits per heavy atom. The number of halogens is 2. The van der Waals surface area contributed by atoms with Crippen molar-refractivity contribution in [1.82, 2.24) is 0 Å². The van der Waals surface area contributed by atoms with Crippen molar-refractivity contribution >= 4 is 27.5 Å². The molecule has 104 valence electrons. The lowest BCUT2D eigenvalue weighted by atomic mass is 10.00. The number of benzene rings is 2. The van der Waals surface area contributed by atoms with Crippen LogP contribution in [0.4, 0.5) is 10.1 Å². The monoisotopic (exact) mass is 337 g/mol. The Kier molecular flexibility index (Phi) is 4.39. The number of hydrogen-bond acceptors (Lipinski definition) is 2. The topological polar surface area (TPSA) is 49.3 Å². The number of carbonyl (C=O) groups excluding carboxylic acids is 1. The number of phenolic OH excluding ortho intramolecular Hbond substituents is 1. The molecule has 2 rings (SSSR count). The first-order valence-electron chi connectivity index (χ1n) is 6.01. The van der Waals surface area contributed by atoms with Gasteiger partial charge < -0.3 is 10.4 Å². The molecule has 0 spiro atoms. The van der Waals surface area contributed by atoms with Gasteiger partial charge in [0.25, 0.3) is 0 Å². The van der Waals surface area contributed by atoms with E-state index >= 15 is 0 Å². The number of hydrogen-bond donors (Lipinski definition) is 2. The first-order valence-corrected chi connectivity index (χ1v) is 6.81. The highest BCUT2D eigenvalue weighted by Crippen LogP contribution is 2.26. The summed E-state index contributed by atoms with van der Waals surface area (Å²) in [5, 5.41) is 12.2. The van der Waals surface area contributed by atoms with E-state index in [2.05, 4.69) is 21.2 Å². The van der Waals surface area contributed by atoms with Gasteiger partial charge in [-0.3, -0.25) is 4.79 Å². The molecule has 2 N–H and O–H groups in total. The van der Waals surface area contributed by atoms with E-state index in [0.29, 0.717) is 15.7 Å². The molecule has 3 nitrogen and oxygen atoms in total. The van der Waals surface area contributed by atoms with Gasteiger partial charge >= 0.3 is 0 Å². The van der Waals surface area contributed by atoms with E-state index in [1.165, 1.54) is 24.3 Å². The van der Waals surface area contributed by atoms with Gasteiger partial charge in [-0.15, -0.1) is 0 Å². The SMILES string of the molecule is CC(C(=O)Nc1ccc(F)cc1)c1cc(O)cc(Br)c1. The molecule has 2 aromatic rings. The van der Waals surface area contributed by atoms with Crippen LogP contribution in [0.1, 0.15) is 18.4 Å². The molecule has 0 aliphatic heterocycles. The summed E-state index contributed by atoms with van der Waals surface area (Å²) in [6.07, 6.45) is 0. The largest absolute Gasteiger partial charge is 0.508 e. The maximum atomic E-state index is 12.8. The van der Waals surface area contributed by atoms with E-state index in [4.69, 9.17) is 0 Å². The lowest BCUT2D eigenvalue weighted by Crippen LogP contribution is -2.18. The van der Waals surface area contributed by atoms with Crippen molar-refractivity contribution in [2.24, 2.45) is 0 Å². The molecule has 0 fully saturated rings. The Bertz CT molecular complexity index is 608. The van der Waals surface area contributed by atoms with Gasteiger partial charge in [0.2, 0.25) is 5.91 Å². The third kappa shape index (κ3) is 3.57. The first kappa shape index (κ1) is 14.5. The highest BCUT2D eigenvalue weighted by atomic mass is 79.9. The summed E-state index contributed by atoms with van der Waals surface area (Å²) in [5.41, 5.74) is 1.22. The van der Waals surface area contributed by atoms with E-state index in [-0.39, 0.29) is 17.5 Å². The molecule has 2 aromatic carbocycles. The average Bonchev–Trinajstić information content (AvgIpc) is 2.39. The Morgan fingerprint density at radius 3 is 2.50 bits per heavy atom. The molecule has 0 heterocycles. The molecule has 1 atom stereocenters. The van der Waals surface area contributed by atoms with Crippen LogP contribution in [-0.4, -0.2) is 11.0 Å². The molecule has 1 unspecified atom stereocenters. The van der Waals surface area contributed by atoms with Crippen LogP contribution in [0, 0.1) is 5.82 Å². The van der Waals surface area contributed by atoms with Gasteiger partial charge in [-0.25, -0.2) is 4.39 Å². The maximum absolute atomic E-state index is 12.8. The van der Waals surface area contributed by atoms with E-state index in [1.807, 2.05) is 0 Å². The second-order valence-corrected chi connectivity index (χ2v) is 5.38. The fourth-order valence-electron chi connectivity index (χ4n) is 1.78. The summed E-state index contributed by atoms with van der Waals surface area (Å²) in [6.45, 7) is 1.74. The second-order valence-electron chi connectivity index (χ2n) is 4.46. The number of nitrogens with one attached hydrogen (secondary N) is 1. The summed E-state index contributed by atoms with van der Waals surface area (Å²) in [7, 11) is 0. The number of aromatic hydroxyl groups is 1. The molecule has 0 saturated carbocycles. The van der Waals surface area contributed by atoms with Gasteiger partial charge in [-0.1, -0.05) is 15.9 Å². The average molecular weight is 338 g/mol. The highest BCUT2D eigenvalue weighted by Gasteiger charge is 2.16. The number of anilines is 1. The minimum atomic E-state index is -0.441. The molecule has 20 heavy (non-hydrogen) atoms. The third-order valence-electron chi connectivity index (χ3n) is 2.91. The Morgan fingerprint density at radius 2 is 1.90 bits per heavy atom. The van der Waals surface area contributed by atoms with Gasteiger partial charge in [0.15, 0.2) is 0 Å². The van der Waals surface area contributed by atoms with Crippen molar-refractivity contribution in [3.05, 3.63) is 58.3 Å². The van der Waals surface area contributed by atoms with Crippen LogP contribution in [0.25, 0.3) is 0 Å². The van der Waals surface area contributed by atoms with E-state index in [1.54, 1.807) is 25.1 Å². The fraction of sp³-hybridized carbons (Fsp3) is 0.133.